The van der Waals surface area contributed by atoms with E-state index >= 15 is 0 Å². The van der Waals surface area contributed by atoms with Gasteiger partial charge in [0.15, 0.2) is 0 Å². The standard InChI is InChI=1S/C38H41N3O5/c1-25(2)41-23-38(24-41,28-6-4-3-5-7-28)32-20-26(10-15-33(32)42)18-19-46-29-11-8-27(9-12-29)21-39-22-35(44)30-13-16-34(43)37-31(30)14-17-36(45)40-37/h3-17,20,25,35,39,42-44H,18-19,21-24H2,1-2H3,(H,40,45)/t35-/m0/s1. The molecule has 0 amide bonds. The van der Waals surface area contributed by atoms with Gasteiger partial charge in [-0.1, -0.05) is 60.7 Å². The fourth-order valence-electron chi connectivity index (χ4n) is 6.40. The van der Waals surface area contributed by atoms with Crippen molar-refractivity contribution < 1.29 is 20.1 Å². The number of hydrogen-bond donors (Lipinski definition) is 5. The van der Waals surface area contributed by atoms with Gasteiger partial charge >= 0.3 is 0 Å². The Morgan fingerprint density at radius 1 is 0.891 bits per heavy atom. The van der Waals surface area contributed by atoms with Crippen LogP contribution < -0.4 is 15.6 Å². The Balaban J connectivity index is 1.03. The SMILES string of the molecule is CC(C)N1CC(c2ccccc2)(c2cc(CCOc3ccc(CNC[C@H](O)c4ccc(O)c5[nH]c(=O)ccc45)cc3)ccc2O)C1. The highest BCUT2D eigenvalue weighted by Gasteiger charge is 2.47. The van der Waals surface area contributed by atoms with Gasteiger partial charge in [0, 0.05) is 61.1 Å². The van der Waals surface area contributed by atoms with Gasteiger partial charge in [-0.25, -0.2) is 0 Å². The van der Waals surface area contributed by atoms with Crippen LogP contribution in [0.15, 0.2) is 102 Å². The molecule has 2 heterocycles. The van der Waals surface area contributed by atoms with E-state index in [1.54, 1.807) is 12.1 Å². The number of H-pyrrole nitrogens is 1. The first-order valence-electron chi connectivity index (χ1n) is 15.8. The minimum absolute atomic E-state index is 0.0324. The number of benzene rings is 4. The number of hydrogen-bond acceptors (Lipinski definition) is 7. The molecule has 0 radical (unpaired) electrons. The molecule has 1 saturated heterocycles. The molecular formula is C38H41N3O5. The summed E-state index contributed by atoms with van der Waals surface area (Å²) in [7, 11) is 0. The van der Waals surface area contributed by atoms with Gasteiger partial charge in [-0.05, 0) is 66.4 Å². The zero-order chi connectivity index (χ0) is 32.3. The lowest BCUT2D eigenvalue weighted by Crippen LogP contribution is -2.61. The molecular weight excluding hydrogens is 578 g/mol. The molecule has 4 aromatic carbocycles. The molecule has 1 aliphatic rings. The number of fused-ring (bicyclic) bond motifs is 1. The molecule has 0 spiro atoms. The molecule has 238 valence electrons. The van der Waals surface area contributed by atoms with E-state index in [-0.39, 0.29) is 16.7 Å². The van der Waals surface area contributed by atoms with E-state index in [0.29, 0.717) is 54.4 Å². The summed E-state index contributed by atoms with van der Waals surface area (Å²) in [6.45, 7) is 7.53. The van der Waals surface area contributed by atoms with Crippen LogP contribution in [0.4, 0.5) is 0 Å². The van der Waals surface area contributed by atoms with Crippen LogP contribution in [0.3, 0.4) is 0 Å². The van der Waals surface area contributed by atoms with Crippen LogP contribution in [0.1, 0.15) is 47.8 Å². The maximum Gasteiger partial charge on any atom is 0.248 e. The Bertz CT molecular complexity index is 1850. The third-order valence-corrected chi connectivity index (χ3v) is 9.09. The molecule has 8 nitrogen and oxygen atoms in total. The molecule has 46 heavy (non-hydrogen) atoms. The molecule has 1 aliphatic heterocycles. The highest BCUT2D eigenvalue weighted by molar-refractivity contribution is 5.87. The van der Waals surface area contributed by atoms with Gasteiger partial charge in [0.25, 0.3) is 0 Å². The van der Waals surface area contributed by atoms with Crippen molar-refractivity contribution in [2.24, 2.45) is 0 Å². The summed E-state index contributed by atoms with van der Waals surface area (Å²) in [5, 5.41) is 35.8. The number of nitrogens with zero attached hydrogens (tertiary/aromatic N) is 1. The number of rotatable bonds is 12. The fraction of sp³-hybridized carbons (Fsp3) is 0.289. The average Bonchev–Trinajstić information content (AvgIpc) is 3.03. The van der Waals surface area contributed by atoms with Gasteiger partial charge in [0.05, 0.1) is 18.2 Å². The maximum atomic E-state index is 11.7. The van der Waals surface area contributed by atoms with Gasteiger partial charge in [-0.15, -0.1) is 0 Å². The maximum absolute atomic E-state index is 11.7. The van der Waals surface area contributed by atoms with Gasteiger partial charge in [-0.2, -0.15) is 0 Å². The number of nitrogens with one attached hydrogen (secondary N) is 2. The first-order valence-corrected chi connectivity index (χ1v) is 15.8. The second-order valence-corrected chi connectivity index (χ2v) is 12.5. The van der Waals surface area contributed by atoms with E-state index in [2.05, 4.69) is 59.4 Å². The lowest BCUT2D eigenvalue weighted by Gasteiger charge is -2.53. The average molecular weight is 620 g/mol. The number of aliphatic hydroxyl groups excluding tert-OH is 1. The lowest BCUT2D eigenvalue weighted by molar-refractivity contribution is 0.0596. The second kappa shape index (κ2) is 13.4. The predicted octanol–water partition coefficient (Wildman–Crippen LogP) is 5.39. The normalized spacial score (nSPS) is 15.1. The highest BCUT2D eigenvalue weighted by atomic mass is 16.5. The second-order valence-electron chi connectivity index (χ2n) is 12.5. The summed E-state index contributed by atoms with van der Waals surface area (Å²) >= 11 is 0. The third-order valence-electron chi connectivity index (χ3n) is 9.09. The Labute approximate surface area is 268 Å². The summed E-state index contributed by atoms with van der Waals surface area (Å²) in [4.78, 5) is 16.7. The smallest absolute Gasteiger partial charge is 0.248 e. The van der Waals surface area contributed by atoms with E-state index in [9.17, 15) is 20.1 Å². The van der Waals surface area contributed by atoms with Crippen molar-refractivity contribution >= 4 is 10.9 Å². The monoisotopic (exact) mass is 619 g/mol. The highest BCUT2D eigenvalue weighted by Crippen LogP contribution is 2.45. The Hall–Kier alpha value is -4.63. The van der Waals surface area contributed by atoms with Gasteiger partial charge < -0.3 is 30.4 Å². The van der Waals surface area contributed by atoms with E-state index in [1.165, 1.54) is 17.7 Å². The van der Waals surface area contributed by atoms with Crippen LogP contribution >= 0.6 is 0 Å². The first kappa shape index (κ1) is 31.4. The van der Waals surface area contributed by atoms with Gasteiger partial charge in [0.1, 0.15) is 17.2 Å². The van der Waals surface area contributed by atoms with Crippen LogP contribution in [-0.2, 0) is 18.4 Å². The van der Waals surface area contributed by atoms with Crippen LogP contribution in [-0.4, -0.2) is 57.5 Å². The molecule has 0 unspecified atom stereocenters. The van der Waals surface area contributed by atoms with Crippen molar-refractivity contribution in [1.29, 1.82) is 0 Å². The number of aromatic hydroxyl groups is 2. The molecule has 1 fully saturated rings. The number of phenols is 2. The van der Waals surface area contributed by atoms with Crippen LogP contribution in [0.25, 0.3) is 10.9 Å². The molecule has 0 bridgehead atoms. The third kappa shape index (κ3) is 6.51. The Morgan fingerprint density at radius 3 is 2.35 bits per heavy atom. The Kier molecular flexibility index (Phi) is 9.12. The van der Waals surface area contributed by atoms with Crippen molar-refractivity contribution in [3.8, 4) is 17.2 Å². The molecule has 1 atom stereocenters. The van der Waals surface area contributed by atoms with Crippen molar-refractivity contribution in [2.45, 2.75) is 44.4 Å². The van der Waals surface area contributed by atoms with Gasteiger partial charge in [0.2, 0.25) is 5.56 Å². The zero-order valence-corrected chi connectivity index (χ0v) is 26.2. The van der Waals surface area contributed by atoms with E-state index in [1.807, 2.05) is 42.5 Å². The topological polar surface area (TPSA) is 118 Å². The number of pyridine rings is 1. The van der Waals surface area contributed by atoms with Crippen molar-refractivity contribution in [3.05, 3.63) is 135 Å². The van der Waals surface area contributed by atoms with Crippen LogP contribution in [0, 0.1) is 0 Å². The number of aromatic nitrogens is 1. The number of aromatic amines is 1. The van der Waals surface area contributed by atoms with Crippen molar-refractivity contribution in [1.82, 2.24) is 15.2 Å². The minimum atomic E-state index is -0.821. The molecule has 5 N–H and O–H groups in total. The minimum Gasteiger partial charge on any atom is -0.508 e. The molecule has 5 aromatic rings. The quantitative estimate of drug-likeness (QED) is 0.127. The summed E-state index contributed by atoms with van der Waals surface area (Å²) in [5.41, 5.74) is 4.77. The van der Waals surface area contributed by atoms with Crippen LogP contribution in [0.5, 0.6) is 17.2 Å². The first-order chi connectivity index (χ1) is 22.2. The van der Waals surface area contributed by atoms with E-state index in [0.717, 1.165) is 35.5 Å². The number of ether oxygens (including phenoxy) is 1. The predicted molar refractivity (Wildman–Crippen MR) is 181 cm³/mol. The van der Waals surface area contributed by atoms with E-state index < -0.39 is 6.10 Å². The van der Waals surface area contributed by atoms with Gasteiger partial charge in [-0.3, -0.25) is 9.69 Å². The number of aliphatic hydroxyl groups is 1. The molecule has 6 rings (SSSR count). The van der Waals surface area contributed by atoms with Crippen molar-refractivity contribution in [3.63, 3.8) is 0 Å². The fourth-order valence-corrected chi connectivity index (χ4v) is 6.40. The molecule has 0 saturated carbocycles. The lowest BCUT2D eigenvalue weighted by atomic mass is 9.67. The molecule has 1 aromatic heterocycles. The summed E-state index contributed by atoms with van der Waals surface area (Å²) in [6, 6.07) is 30.9. The Morgan fingerprint density at radius 2 is 1.61 bits per heavy atom. The molecule has 8 heteroatoms. The summed E-state index contributed by atoms with van der Waals surface area (Å²) in [6.07, 6.45) is -0.106. The zero-order valence-electron chi connectivity index (χ0n) is 26.2. The summed E-state index contributed by atoms with van der Waals surface area (Å²) < 4.78 is 6.08. The molecule has 0 aliphatic carbocycles. The summed E-state index contributed by atoms with van der Waals surface area (Å²) in [5.74, 6) is 1.08. The largest absolute Gasteiger partial charge is 0.508 e. The number of likely N-dealkylation sites (tertiary alicyclic amines) is 1. The van der Waals surface area contributed by atoms with Crippen molar-refractivity contribution in [2.75, 3.05) is 26.2 Å². The van der Waals surface area contributed by atoms with Crippen LogP contribution in [0.2, 0.25) is 0 Å². The number of phenolic OH excluding ortho intramolecular Hbond substituents is 2. The van der Waals surface area contributed by atoms with E-state index in [4.69, 9.17) is 4.74 Å².